The summed E-state index contributed by atoms with van der Waals surface area (Å²) < 4.78 is 32.8. The Morgan fingerprint density at radius 3 is 1.80 bits per heavy atom. The highest BCUT2D eigenvalue weighted by Crippen LogP contribution is 2.26. The second kappa shape index (κ2) is 25.3. The summed E-state index contributed by atoms with van der Waals surface area (Å²) >= 11 is 0. The fourth-order valence-corrected chi connectivity index (χ4v) is 5.60. The summed E-state index contributed by atoms with van der Waals surface area (Å²) in [6.45, 7) is 2.11. The molecule has 292 valence electrons. The number of carbonyl (C=O) groups is 2. The first-order chi connectivity index (χ1) is 24.0. The number of hydrogen-bond acceptors (Lipinski definition) is 15. The highest BCUT2D eigenvalue weighted by molar-refractivity contribution is 5.70. The second-order valence-corrected chi connectivity index (χ2v) is 13.1. The first-order valence-corrected chi connectivity index (χ1v) is 18.3. The molecule has 0 bridgehead atoms. The van der Waals surface area contributed by atoms with E-state index in [1.807, 2.05) is 6.92 Å². The maximum absolute atomic E-state index is 12.7. The van der Waals surface area contributed by atoms with Crippen LogP contribution in [0.3, 0.4) is 0 Å². The zero-order valence-electron chi connectivity index (χ0n) is 29.6. The van der Waals surface area contributed by atoms with E-state index in [0.29, 0.717) is 12.8 Å². The number of esters is 2. The largest absolute Gasteiger partial charge is 0.462 e. The van der Waals surface area contributed by atoms with Crippen molar-refractivity contribution in [3.05, 3.63) is 12.2 Å². The summed E-state index contributed by atoms with van der Waals surface area (Å²) in [7, 11) is 0. The van der Waals surface area contributed by atoms with Crippen LogP contribution in [0, 0.1) is 0 Å². The molecular formula is C35H62O15. The van der Waals surface area contributed by atoms with Crippen molar-refractivity contribution < 1.29 is 73.8 Å². The Bertz CT molecular complexity index is 949. The van der Waals surface area contributed by atoms with E-state index in [1.165, 1.54) is 25.7 Å². The van der Waals surface area contributed by atoms with Crippen molar-refractivity contribution in [3.63, 3.8) is 0 Å². The molecule has 0 aromatic carbocycles. The molecule has 2 heterocycles. The van der Waals surface area contributed by atoms with E-state index in [0.717, 1.165) is 38.5 Å². The van der Waals surface area contributed by atoms with Crippen LogP contribution >= 0.6 is 0 Å². The zero-order valence-corrected chi connectivity index (χ0v) is 29.6. The standard InChI is InChI=1S/C35H62O15/c1-3-5-6-7-8-9-10-11-12-13-14-15-16-18-27(38)48-23(20-45-26(37)17-4-2)21-46-34-33(44)31(42)29(40)25(50-34)22-47-35-32(43)30(41)28(39)24(19-36)49-35/h9-10,23-25,28-36,39-44H,3-8,11-22H2,1-2H3/b10-9-. The smallest absolute Gasteiger partial charge is 0.306 e. The quantitative estimate of drug-likeness (QED) is 0.0398. The van der Waals surface area contributed by atoms with Crippen molar-refractivity contribution in [1.82, 2.24) is 0 Å². The predicted octanol–water partition coefficient (Wildman–Crippen LogP) is 1.14. The Labute approximate surface area is 295 Å². The molecule has 15 heteroatoms. The summed E-state index contributed by atoms with van der Waals surface area (Å²) in [6.07, 6.45) is 0.420. The maximum Gasteiger partial charge on any atom is 0.306 e. The van der Waals surface area contributed by atoms with Crippen LogP contribution in [-0.4, -0.2) is 142 Å². The number of unbranched alkanes of at least 4 members (excludes halogenated alkanes) is 9. The Kier molecular flexibility index (Phi) is 22.4. The fraction of sp³-hybridized carbons (Fsp3) is 0.886. The fourth-order valence-electron chi connectivity index (χ4n) is 5.60. The van der Waals surface area contributed by atoms with Gasteiger partial charge in [-0.15, -0.1) is 0 Å². The van der Waals surface area contributed by atoms with Gasteiger partial charge in [-0.05, 0) is 38.5 Å². The van der Waals surface area contributed by atoms with Gasteiger partial charge in [0.15, 0.2) is 18.7 Å². The third-order valence-corrected chi connectivity index (χ3v) is 8.71. The first-order valence-electron chi connectivity index (χ1n) is 18.3. The van der Waals surface area contributed by atoms with Crippen molar-refractivity contribution >= 4 is 11.9 Å². The Balaban J connectivity index is 1.83. The summed E-state index contributed by atoms with van der Waals surface area (Å²) in [5.41, 5.74) is 0. The lowest BCUT2D eigenvalue weighted by atomic mass is 9.98. The number of hydrogen-bond donors (Lipinski definition) is 7. The van der Waals surface area contributed by atoms with Gasteiger partial charge >= 0.3 is 11.9 Å². The van der Waals surface area contributed by atoms with Crippen LogP contribution in [0.1, 0.15) is 104 Å². The van der Waals surface area contributed by atoms with Gasteiger partial charge in [-0.25, -0.2) is 0 Å². The number of rotatable bonds is 25. The number of ether oxygens (including phenoxy) is 6. The van der Waals surface area contributed by atoms with Crippen LogP contribution in [0.2, 0.25) is 0 Å². The molecule has 50 heavy (non-hydrogen) atoms. The molecule has 11 atom stereocenters. The van der Waals surface area contributed by atoms with Crippen LogP contribution in [0.5, 0.6) is 0 Å². The lowest BCUT2D eigenvalue weighted by molar-refractivity contribution is -0.332. The maximum atomic E-state index is 12.7. The van der Waals surface area contributed by atoms with Crippen molar-refractivity contribution in [2.45, 2.75) is 171 Å². The average molecular weight is 723 g/mol. The molecule has 2 aliphatic heterocycles. The molecule has 0 aromatic heterocycles. The van der Waals surface area contributed by atoms with Gasteiger partial charge in [0.1, 0.15) is 55.4 Å². The van der Waals surface area contributed by atoms with E-state index < -0.39 is 92.7 Å². The van der Waals surface area contributed by atoms with Crippen LogP contribution < -0.4 is 0 Å². The van der Waals surface area contributed by atoms with Crippen molar-refractivity contribution in [2.75, 3.05) is 26.4 Å². The van der Waals surface area contributed by atoms with E-state index in [2.05, 4.69) is 19.1 Å². The molecule has 0 aromatic rings. The average Bonchev–Trinajstić information content (AvgIpc) is 3.10. The topological polar surface area (TPSA) is 231 Å². The van der Waals surface area contributed by atoms with E-state index >= 15 is 0 Å². The molecule has 0 amide bonds. The van der Waals surface area contributed by atoms with E-state index in [4.69, 9.17) is 28.4 Å². The van der Waals surface area contributed by atoms with E-state index in [-0.39, 0.29) is 26.1 Å². The normalized spacial score (nSPS) is 30.7. The van der Waals surface area contributed by atoms with Crippen molar-refractivity contribution in [1.29, 1.82) is 0 Å². The Hall–Kier alpha value is -1.76. The number of allylic oxidation sites excluding steroid dienone is 2. The van der Waals surface area contributed by atoms with Gasteiger partial charge in [0.05, 0.1) is 19.8 Å². The first kappa shape index (κ1) is 44.4. The Morgan fingerprint density at radius 1 is 0.620 bits per heavy atom. The molecule has 0 aliphatic carbocycles. The predicted molar refractivity (Wildman–Crippen MR) is 178 cm³/mol. The van der Waals surface area contributed by atoms with Crippen molar-refractivity contribution in [2.24, 2.45) is 0 Å². The number of aliphatic hydroxyl groups excluding tert-OH is 7. The molecule has 11 unspecified atom stereocenters. The van der Waals surface area contributed by atoms with Gasteiger partial charge in [-0.1, -0.05) is 64.5 Å². The summed E-state index contributed by atoms with van der Waals surface area (Å²) in [4.78, 5) is 24.7. The molecule has 0 radical (unpaired) electrons. The summed E-state index contributed by atoms with van der Waals surface area (Å²) in [5, 5.41) is 71.0. The lowest BCUT2D eigenvalue weighted by Crippen LogP contribution is -2.61. The summed E-state index contributed by atoms with van der Waals surface area (Å²) in [6, 6.07) is 0. The molecule has 2 aliphatic rings. The number of aliphatic hydroxyl groups is 7. The van der Waals surface area contributed by atoms with E-state index in [1.54, 1.807) is 0 Å². The lowest BCUT2D eigenvalue weighted by Gasteiger charge is -2.42. The van der Waals surface area contributed by atoms with E-state index in [9.17, 15) is 45.3 Å². The van der Waals surface area contributed by atoms with Crippen molar-refractivity contribution in [3.8, 4) is 0 Å². The van der Waals surface area contributed by atoms with Gasteiger partial charge in [0, 0.05) is 12.8 Å². The molecule has 15 nitrogen and oxygen atoms in total. The van der Waals surface area contributed by atoms with Crippen LogP contribution in [0.15, 0.2) is 12.2 Å². The highest BCUT2D eigenvalue weighted by atomic mass is 16.7. The number of carbonyl (C=O) groups excluding carboxylic acids is 2. The minimum atomic E-state index is -1.76. The van der Waals surface area contributed by atoms with Gasteiger partial charge in [0.25, 0.3) is 0 Å². The van der Waals surface area contributed by atoms with Gasteiger partial charge < -0.3 is 64.2 Å². The van der Waals surface area contributed by atoms with Crippen LogP contribution in [0.4, 0.5) is 0 Å². The molecular weight excluding hydrogens is 660 g/mol. The minimum absolute atomic E-state index is 0.155. The molecule has 2 saturated heterocycles. The SMILES string of the molecule is CCCCCC/C=C\CCCCCCCC(=O)OC(COC(=O)CCC)COC1OC(COC2OC(CO)C(O)C(O)C2O)C(O)C(O)C1O. The van der Waals surface area contributed by atoms with Crippen LogP contribution in [0.25, 0.3) is 0 Å². The Morgan fingerprint density at radius 2 is 1.18 bits per heavy atom. The zero-order chi connectivity index (χ0) is 36.9. The van der Waals surface area contributed by atoms with Gasteiger partial charge in [-0.3, -0.25) is 9.59 Å². The second-order valence-electron chi connectivity index (χ2n) is 13.1. The third-order valence-electron chi connectivity index (χ3n) is 8.71. The molecule has 0 spiro atoms. The molecule has 2 fully saturated rings. The van der Waals surface area contributed by atoms with Gasteiger partial charge in [0.2, 0.25) is 0 Å². The van der Waals surface area contributed by atoms with Gasteiger partial charge in [-0.2, -0.15) is 0 Å². The highest BCUT2D eigenvalue weighted by Gasteiger charge is 2.47. The molecule has 2 rings (SSSR count). The molecule has 0 saturated carbocycles. The summed E-state index contributed by atoms with van der Waals surface area (Å²) in [5.74, 6) is -1.000. The molecule has 7 N–H and O–H groups in total. The minimum Gasteiger partial charge on any atom is -0.462 e. The van der Waals surface area contributed by atoms with Crippen LogP contribution in [-0.2, 0) is 38.0 Å². The third kappa shape index (κ3) is 15.9. The monoisotopic (exact) mass is 722 g/mol.